The van der Waals surface area contributed by atoms with Gasteiger partial charge < -0.3 is 15.3 Å². The van der Waals surface area contributed by atoms with Gasteiger partial charge in [-0.05, 0) is 29.8 Å². The van der Waals surface area contributed by atoms with E-state index in [1.54, 1.807) is 24.5 Å². The number of anilines is 1. The van der Waals surface area contributed by atoms with E-state index in [-0.39, 0.29) is 12.5 Å². The molecule has 0 saturated heterocycles. The van der Waals surface area contributed by atoms with Gasteiger partial charge in [0.15, 0.2) is 0 Å². The molecule has 2 aromatic rings. The molecule has 0 fully saturated rings. The number of benzene rings is 1. The Kier molecular flexibility index (Phi) is 4.90. The molecule has 5 heteroatoms. The maximum atomic E-state index is 11.9. The molecular formula is C16H19N3O2. The first kappa shape index (κ1) is 15.0. The summed E-state index contributed by atoms with van der Waals surface area (Å²) in [6.07, 6.45) is 2.39. The van der Waals surface area contributed by atoms with Gasteiger partial charge in [0.05, 0.1) is 6.10 Å². The number of rotatable bonds is 5. The Morgan fingerprint density at radius 1 is 1.19 bits per heavy atom. The summed E-state index contributed by atoms with van der Waals surface area (Å²) in [5.41, 5.74) is 2.36. The maximum Gasteiger partial charge on any atom is 0.251 e. The molecule has 1 aromatic carbocycles. The first-order valence-electron chi connectivity index (χ1n) is 6.71. The highest BCUT2D eigenvalue weighted by Crippen LogP contribution is 2.17. The van der Waals surface area contributed by atoms with Gasteiger partial charge in [-0.25, -0.2) is 0 Å². The third kappa shape index (κ3) is 4.03. The normalized spacial score (nSPS) is 11.8. The Labute approximate surface area is 124 Å². The molecule has 1 unspecified atom stereocenters. The number of nitrogens with one attached hydrogen (secondary N) is 1. The molecule has 0 saturated carbocycles. The summed E-state index contributed by atoms with van der Waals surface area (Å²) in [4.78, 5) is 17.7. The number of amides is 1. The van der Waals surface area contributed by atoms with Crippen LogP contribution in [0.25, 0.3) is 0 Å². The molecule has 2 N–H and O–H groups in total. The third-order valence-electron chi connectivity index (χ3n) is 3.19. The number of carbonyl (C=O) groups is 1. The summed E-state index contributed by atoms with van der Waals surface area (Å²) < 4.78 is 0. The van der Waals surface area contributed by atoms with E-state index in [9.17, 15) is 9.90 Å². The number of hydrogen-bond acceptors (Lipinski definition) is 4. The second-order valence-corrected chi connectivity index (χ2v) is 4.95. The van der Waals surface area contributed by atoms with Gasteiger partial charge in [-0.15, -0.1) is 0 Å². The van der Waals surface area contributed by atoms with Crippen LogP contribution in [0.4, 0.5) is 5.69 Å². The number of carbonyl (C=O) groups excluding carboxylic acids is 1. The van der Waals surface area contributed by atoms with Gasteiger partial charge in [-0.1, -0.05) is 12.1 Å². The van der Waals surface area contributed by atoms with Gasteiger partial charge in [0.2, 0.25) is 0 Å². The maximum absolute atomic E-state index is 11.9. The van der Waals surface area contributed by atoms with Crippen molar-refractivity contribution in [3.8, 4) is 0 Å². The zero-order valence-electron chi connectivity index (χ0n) is 12.2. The molecule has 1 aromatic heterocycles. The molecule has 21 heavy (non-hydrogen) atoms. The van der Waals surface area contributed by atoms with Crippen molar-refractivity contribution in [3.05, 3.63) is 59.9 Å². The van der Waals surface area contributed by atoms with Crippen LogP contribution in [0.5, 0.6) is 0 Å². The van der Waals surface area contributed by atoms with Crippen molar-refractivity contribution in [3.63, 3.8) is 0 Å². The minimum Gasteiger partial charge on any atom is -0.387 e. The van der Waals surface area contributed by atoms with Crippen molar-refractivity contribution < 1.29 is 9.90 Å². The molecule has 0 aliphatic carbocycles. The molecule has 5 nitrogen and oxygen atoms in total. The lowest BCUT2D eigenvalue weighted by Gasteiger charge is -2.15. The first-order valence-corrected chi connectivity index (χ1v) is 6.71. The zero-order chi connectivity index (χ0) is 15.2. The third-order valence-corrected chi connectivity index (χ3v) is 3.19. The van der Waals surface area contributed by atoms with E-state index >= 15 is 0 Å². The summed E-state index contributed by atoms with van der Waals surface area (Å²) in [5.74, 6) is -0.221. The van der Waals surface area contributed by atoms with Crippen LogP contribution in [0.3, 0.4) is 0 Å². The topological polar surface area (TPSA) is 65.5 Å². The van der Waals surface area contributed by atoms with Crippen molar-refractivity contribution in [2.75, 3.05) is 25.5 Å². The lowest BCUT2D eigenvalue weighted by molar-refractivity contribution is 0.0916. The molecule has 2 rings (SSSR count). The van der Waals surface area contributed by atoms with Gasteiger partial charge in [-0.2, -0.15) is 0 Å². The summed E-state index contributed by atoms with van der Waals surface area (Å²) >= 11 is 0. The predicted octanol–water partition coefficient (Wildman–Crippen LogP) is 1.61. The fourth-order valence-electron chi connectivity index (χ4n) is 1.91. The van der Waals surface area contributed by atoms with Crippen LogP contribution in [0.15, 0.2) is 48.8 Å². The molecule has 0 spiro atoms. The van der Waals surface area contributed by atoms with Crippen LogP contribution < -0.4 is 10.2 Å². The van der Waals surface area contributed by atoms with E-state index in [1.807, 2.05) is 43.3 Å². The van der Waals surface area contributed by atoms with E-state index in [4.69, 9.17) is 0 Å². The second-order valence-electron chi connectivity index (χ2n) is 4.95. The Bertz CT molecular complexity index is 582. The summed E-state index contributed by atoms with van der Waals surface area (Å²) in [6, 6.07) is 10.9. The second kappa shape index (κ2) is 6.85. The van der Waals surface area contributed by atoms with Gasteiger partial charge in [0, 0.05) is 44.3 Å². The van der Waals surface area contributed by atoms with Gasteiger partial charge in [0.25, 0.3) is 5.91 Å². The Balaban J connectivity index is 1.92. The first-order chi connectivity index (χ1) is 10.1. The largest absolute Gasteiger partial charge is 0.387 e. The van der Waals surface area contributed by atoms with Crippen molar-refractivity contribution in [2.45, 2.75) is 6.10 Å². The van der Waals surface area contributed by atoms with Gasteiger partial charge in [-0.3, -0.25) is 9.78 Å². The Morgan fingerprint density at radius 3 is 2.38 bits per heavy atom. The van der Waals surface area contributed by atoms with Crippen molar-refractivity contribution in [1.82, 2.24) is 10.3 Å². The standard InChI is InChI=1S/C16H19N3O2/c1-19(2)14-5-3-12(4-6-14)15(20)11-18-16(21)13-7-9-17-10-8-13/h3-10,15,20H,11H2,1-2H3,(H,18,21). The van der Waals surface area contributed by atoms with Crippen molar-refractivity contribution in [2.24, 2.45) is 0 Å². The van der Waals surface area contributed by atoms with Crippen LogP contribution in [0, 0.1) is 0 Å². The van der Waals surface area contributed by atoms with Gasteiger partial charge in [0.1, 0.15) is 0 Å². The zero-order valence-corrected chi connectivity index (χ0v) is 12.2. The molecule has 0 aliphatic heterocycles. The van der Waals surface area contributed by atoms with Crippen molar-refractivity contribution in [1.29, 1.82) is 0 Å². The van der Waals surface area contributed by atoms with E-state index in [1.165, 1.54) is 0 Å². The van der Waals surface area contributed by atoms with Gasteiger partial charge >= 0.3 is 0 Å². The summed E-state index contributed by atoms with van der Waals surface area (Å²) in [7, 11) is 3.92. The number of nitrogens with zero attached hydrogens (tertiary/aromatic N) is 2. The van der Waals surface area contributed by atoms with Crippen LogP contribution in [-0.2, 0) is 0 Å². The Hall–Kier alpha value is -2.40. The van der Waals surface area contributed by atoms with Crippen LogP contribution >= 0.6 is 0 Å². The van der Waals surface area contributed by atoms with Crippen molar-refractivity contribution >= 4 is 11.6 Å². The average Bonchev–Trinajstić information content (AvgIpc) is 2.53. The highest BCUT2D eigenvalue weighted by molar-refractivity contribution is 5.93. The van der Waals surface area contributed by atoms with E-state index in [0.717, 1.165) is 11.3 Å². The lowest BCUT2D eigenvalue weighted by Crippen LogP contribution is -2.28. The monoisotopic (exact) mass is 285 g/mol. The molecule has 0 bridgehead atoms. The summed E-state index contributed by atoms with van der Waals surface area (Å²) in [6.45, 7) is 0.169. The predicted molar refractivity (Wildman–Crippen MR) is 82.3 cm³/mol. The molecular weight excluding hydrogens is 266 g/mol. The Morgan fingerprint density at radius 2 is 1.81 bits per heavy atom. The average molecular weight is 285 g/mol. The van der Waals surface area contributed by atoms with E-state index < -0.39 is 6.10 Å². The molecule has 1 atom stereocenters. The smallest absolute Gasteiger partial charge is 0.251 e. The van der Waals surface area contributed by atoms with Crippen LogP contribution in [-0.4, -0.2) is 36.6 Å². The van der Waals surface area contributed by atoms with E-state index in [2.05, 4.69) is 10.3 Å². The highest BCUT2D eigenvalue weighted by atomic mass is 16.3. The molecule has 0 aliphatic rings. The molecule has 1 heterocycles. The molecule has 110 valence electrons. The number of aliphatic hydroxyl groups is 1. The van der Waals surface area contributed by atoms with E-state index in [0.29, 0.717) is 5.56 Å². The number of aliphatic hydroxyl groups excluding tert-OH is 1. The quantitative estimate of drug-likeness (QED) is 0.876. The number of pyridine rings is 1. The minimum absolute atomic E-state index is 0.169. The summed E-state index contributed by atoms with van der Waals surface area (Å²) in [5, 5.41) is 12.8. The van der Waals surface area contributed by atoms with Crippen LogP contribution in [0.2, 0.25) is 0 Å². The highest BCUT2D eigenvalue weighted by Gasteiger charge is 2.11. The molecule has 1 amide bonds. The minimum atomic E-state index is -0.730. The van der Waals surface area contributed by atoms with Crippen LogP contribution in [0.1, 0.15) is 22.0 Å². The fraction of sp³-hybridized carbons (Fsp3) is 0.250. The molecule has 0 radical (unpaired) electrons. The fourth-order valence-corrected chi connectivity index (χ4v) is 1.91. The lowest BCUT2D eigenvalue weighted by atomic mass is 10.1. The number of hydrogen-bond donors (Lipinski definition) is 2. The number of aromatic nitrogens is 1. The SMILES string of the molecule is CN(C)c1ccc(C(O)CNC(=O)c2ccncc2)cc1.